The SMILES string of the molecule is O=C1NC(c2ccc(C(F)(F)F)cc2)C(C(=O)c2ccccc2)C(O)(C(F)(F)F)N1. The van der Waals surface area contributed by atoms with Gasteiger partial charge in [0.1, 0.15) is 5.92 Å². The zero-order valence-corrected chi connectivity index (χ0v) is 14.9. The van der Waals surface area contributed by atoms with E-state index in [2.05, 4.69) is 5.32 Å². The van der Waals surface area contributed by atoms with Crippen molar-refractivity contribution >= 4 is 11.8 Å². The lowest BCUT2D eigenvalue weighted by Gasteiger charge is -2.45. The van der Waals surface area contributed by atoms with Gasteiger partial charge in [0.25, 0.3) is 0 Å². The number of carbonyl (C=O) groups is 2. The standard InChI is InChI=1S/C19H14F6N2O3/c20-18(21,22)12-8-6-10(7-9-12)14-13(15(28)11-4-2-1-3-5-11)17(30,19(23,24)25)27-16(29)26-14/h1-9,13-14,30H,(H2,26,27,29). The monoisotopic (exact) mass is 432 g/mol. The van der Waals surface area contributed by atoms with Crippen LogP contribution < -0.4 is 10.6 Å². The zero-order chi connectivity index (χ0) is 22.3. The third kappa shape index (κ3) is 3.84. The fourth-order valence-corrected chi connectivity index (χ4v) is 3.28. The van der Waals surface area contributed by atoms with Gasteiger partial charge in [-0.05, 0) is 17.7 Å². The van der Waals surface area contributed by atoms with Crippen LogP contribution in [0.1, 0.15) is 27.5 Å². The number of ketones is 1. The number of aliphatic hydroxyl groups is 1. The van der Waals surface area contributed by atoms with Crippen LogP contribution in [0, 0.1) is 5.92 Å². The summed E-state index contributed by atoms with van der Waals surface area (Å²) in [6.45, 7) is 0. The molecule has 5 nitrogen and oxygen atoms in total. The van der Waals surface area contributed by atoms with Gasteiger partial charge in [0, 0.05) is 5.56 Å². The molecule has 0 saturated carbocycles. The van der Waals surface area contributed by atoms with Crippen LogP contribution in [0.5, 0.6) is 0 Å². The van der Waals surface area contributed by atoms with Gasteiger partial charge >= 0.3 is 18.4 Å². The van der Waals surface area contributed by atoms with Crippen molar-refractivity contribution in [2.75, 3.05) is 0 Å². The van der Waals surface area contributed by atoms with E-state index in [1.165, 1.54) is 35.6 Å². The molecule has 1 aliphatic heterocycles. The van der Waals surface area contributed by atoms with E-state index in [0.29, 0.717) is 12.1 Å². The van der Waals surface area contributed by atoms with Gasteiger partial charge in [0.15, 0.2) is 5.78 Å². The minimum atomic E-state index is -5.45. The maximum Gasteiger partial charge on any atom is 0.437 e. The maximum absolute atomic E-state index is 13.7. The lowest BCUT2D eigenvalue weighted by Crippen LogP contribution is -2.72. The summed E-state index contributed by atoms with van der Waals surface area (Å²) in [6, 6.07) is 6.48. The maximum atomic E-state index is 13.7. The van der Waals surface area contributed by atoms with Crippen molar-refractivity contribution in [3.63, 3.8) is 0 Å². The number of nitrogens with one attached hydrogen (secondary N) is 2. The van der Waals surface area contributed by atoms with Crippen LogP contribution in [-0.4, -0.2) is 28.8 Å². The molecule has 1 aliphatic rings. The van der Waals surface area contributed by atoms with Crippen molar-refractivity contribution in [3.05, 3.63) is 71.3 Å². The van der Waals surface area contributed by atoms with Gasteiger partial charge in [-0.2, -0.15) is 26.3 Å². The van der Waals surface area contributed by atoms with Crippen molar-refractivity contribution in [2.24, 2.45) is 5.92 Å². The number of amides is 2. The van der Waals surface area contributed by atoms with E-state index in [-0.39, 0.29) is 11.1 Å². The number of urea groups is 1. The van der Waals surface area contributed by atoms with Crippen molar-refractivity contribution in [3.8, 4) is 0 Å². The van der Waals surface area contributed by atoms with Crippen molar-refractivity contribution < 1.29 is 41.0 Å². The molecule has 0 spiro atoms. The lowest BCUT2D eigenvalue weighted by atomic mass is 9.77. The Balaban J connectivity index is 2.13. The number of Topliss-reactive ketones (excluding diaryl/α,β-unsaturated/α-hetero) is 1. The number of hydrogen-bond acceptors (Lipinski definition) is 3. The number of benzene rings is 2. The van der Waals surface area contributed by atoms with Gasteiger partial charge < -0.3 is 15.7 Å². The van der Waals surface area contributed by atoms with Crippen molar-refractivity contribution in [1.29, 1.82) is 0 Å². The normalized spacial score (nSPS) is 24.7. The quantitative estimate of drug-likeness (QED) is 0.510. The molecular formula is C19H14F6N2O3. The molecule has 0 aromatic heterocycles. The molecule has 2 aromatic carbocycles. The average molecular weight is 432 g/mol. The van der Waals surface area contributed by atoms with Crippen LogP contribution in [-0.2, 0) is 6.18 Å². The van der Waals surface area contributed by atoms with E-state index in [9.17, 15) is 41.0 Å². The molecule has 0 bridgehead atoms. The molecule has 0 radical (unpaired) electrons. The Hall–Kier alpha value is -3.08. The molecule has 0 aliphatic carbocycles. The summed E-state index contributed by atoms with van der Waals surface area (Å²) in [6.07, 6.45) is -10.1. The summed E-state index contributed by atoms with van der Waals surface area (Å²) >= 11 is 0. The van der Waals surface area contributed by atoms with Gasteiger partial charge in [-0.15, -0.1) is 0 Å². The van der Waals surface area contributed by atoms with Gasteiger partial charge in [-0.25, -0.2) is 4.79 Å². The molecule has 1 fully saturated rings. The third-order valence-electron chi connectivity index (χ3n) is 4.74. The van der Waals surface area contributed by atoms with Crippen molar-refractivity contribution in [1.82, 2.24) is 10.6 Å². The fourth-order valence-electron chi connectivity index (χ4n) is 3.28. The Morgan fingerprint density at radius 1 is 0.933 bits per heavy atom. The summed E-state index contributed by atoms with van der Waals surface area (Å²) in [4.78, 5) is 24.8. The summed E-state index contributed by atoms with van der Waals surface area (Å²) in [5.74, 6) is -3.47. The molecule has 2 aromatic rings. The van der Waals surface area contributed by atoms with E-state index < -0.39 is 47.4 Å². The van der Waals surface area contributed by atoms with Gasteiger partial charge in [0.2, 0.25) is 5.72 Å². The number of rotatable bonds is 3. The summed E-state index contributed by atoms with van der Waals surface area (Å²) in [5, 5.41) is 13.8. The fraction of sp³-hybridized carbons (Fsp3) is 0.263. The smallest absolute Gasteiger partial charge is 0.363 e. The van der Waals surface area contributed by atoms with E-state index in [1.807, 2.05) is 0 Å². The third-order valence-corrected chi connectivity index (χ3v) is 4.74. The van der Waals surface area contributed by atoms with E-state index >= 15 is 0 Å². The summed E-state index contributed by atoms with van der Waals surface area (Å²) in [5.41, 5.74) is -5.41. The molecule has 3 rings (SSSR count). The van der Waals surface area contributed by atoms with Crippen LogP contribution in [0.3, 0.4) is 0 Å². The number of alkyl halides is 6. The van der Waals surface area contributed by atoms with E-state index in [0.717, 1.165) is 12.1 Å². The number of carbonyl (C=O) groups excluding carboxylic acids is 2. The van der Waals surface area contributed by atoms with E-state index in [4.69, 9.17) is 0 Å². The lowest BCUT2D eigenvalue weighted by molar-refractivity contribution is -0.287. The van der Waals surface area contributed by atoms with Crippen molar-refractivity contribution in [2.45, 2.75) is 24.1 Å². The second kappa shape index (κ2) is 7.31. The largest absolute Gasteiger partial charge is 0.437 e. The Bertz CT molecular complexity index is 943. The molecule has 1 saturated heterocycles. The predicted octanol–water partition coefficient (Wildman–Crippen LogP) is 3.81. The highest BCUT2D eigenvalue weighted by atomic mass is 19.4. The average Bonchev–Trinajstić information content (AvgIpc) is 2.66. The highest BCUT2D eigenvalue weighted by Crippen LogP contribution is 2.44. The first-order valence-corrected chi connectivity index (χ1v) is 8.49. The molecule has 11 heteroatoms. The molecule has 2 amide bonds. The van der Waals surface area contributed by atoms with Crippen LogP contribution in [0.25, 0.3) is 0 Å². The zero-order valence-electron chi connectivity index (χ0n) is 14.9. The first-order valence-electron chi connectivity index (χ1n) is 8.49. The van der Waals surface area contributed by atoms with Gasteiger partial charge in [-0.3, -0.25) is 4.79 Å². The number of halogens is 6. The summed E-state index contributed by atoms with van der Waals surface area (Å²) in [7, 11) is 0. The van der Waals surface area contributed by atoms with Crippen LogP contribution in [0.2, 0.25) is 0 Å². The minimum Gasteiger partial charge on any atom is -0.363 e. The Labute approximate surface area is 165 Å². The molecule has 3 N–H and O–H groups in total. The van der Waals surface area contributed by atoms with Gasteiger partial charge in [0.05, 0.1) is 11.6 Å². The predicted molar refractivity (Wildman–Crippen MR) is 91.1 cm³/mol. The number of hydrogen-bond donors (Lipinski definition) is 3. The highest BCUT2D eigenvalue weighted by molar-refractivity contribution is 6.00. The minimum absolute atomic E-state index is 0.181. The molecule has 1 heterocycles. The van der Waals surface area contributed by atoms with Crippen LogP contribution >= 0.6 is 0 Å². The Morgan fingerprint density at radius 3 is 2.00 bits per heavy atom. The molecular weight excluding hydrogens is 418 g/mol. The molecule has 3 unspecified atom stereocenters. The summed E-state index contributed by atoms with van der Waals surface area (Å²) < 4.78 is 79.6. The highest BCUT2D eigenvalue weighted by Gasteiger charge is 2.66. The second-order valence-electron chi connectivity index (χ2n) is 6.67. The topological polar surface area (TPSA) is 78.4 Å². The molecule has 30 heavy (non-hydrogen) atoms. The Morgan fingerprint density at radius 2 is 1.50 bits per heavy atom. The van der Waals surface area contributed by atoms with E-state index in [1.54, 1.807) is 0 Å². The van der Waals surface area contributed by atoms with Crippen LogP contribution in [0.4, 0.5) is 31.1 Å². The first-order chi connectivity index (χ1) is 13.8. The second-order valence-corrected chi connectivity index (χ2v) is 6.67. The van der Waals surface area contributed by atoms with Crippen LogP contribution in [0.15, 0.2) is 54.6 Å². The first kappa shape index (κ1) is 21.6. The Kier molecular flexibility index (Phi) is 5.27. The molecule has 3 atom stereocenters. The van der Waals surface area contributed by atoms with Gasteiger partial charge in [-0.1, -0.05) is 42.5 Å². The molecule has 160 valence electrons.